The lowest BCUT2D eigenvalue weighted by atomic mass is 9.94. The summed E-state index contributed by atoms with van der Waals surface area (Å²) in [4.78, 5) is 16.1. The third-order valence-corrected chi connectivity index (χ3v) is 6.30. The van der Waals surface area contributed by atoms with Gasteiger partial charge in [-0.25, -0.2) is 9.98 Å². The number of aryl methyl sites for hydroxylation is 1. The molecule has 5 rings (SSSR count). The largest absolute Gasteiger partial charge is 0.344 e. The van der Waals surface area contributed by atoms with Crippen LogP contribution in [0.1, 0.15) is 19.8 Å². The molecule has 32 heavy (non-hydrogen) atoms. The lowest BCUT2D eigenvalue weighted by Crippen LogP contribution is -2.37. The molecule has 7 heteroatoms. The molecule has 0 spiro atoms. The van der Waals surface area contributed by atoms with Crippen molar-refractivity contribution >= 4 is 28.1 Å². The van der Waals surface area contributed by atoms with E-state index in [1.165, 1.54) is 0 Å². The van der Waals surface area contributed by atoms with Crippen LogP contribution in [0.2, 0.25) is 0 Å². The Labute approximate surface area is 188 Å². The Morgan fingerprint density at radius 1 is 1.12 bits per heavy atom. The maximum Gasteiger partial charge on any atom is 0.137 e. The molecule has 0 unspecified atom stereocenters. The second-order valence-corrected chi connectivity index (χ2v) is 8.81. The van der Waals surface area contributed by atoms with Crippen molar-refractivity contribution in [2.45, 2.75) is 19.8 Å². The van der Waals surface area contributed by atoms with Gasteiger partial charge in [-0.2, -0.15) is 5.10 Å². The van der Waals surface area contributed by atoms with Crippen LogP contribution in [-0.4, -0.2) is 57.4 Å². The Morgan fingerprint density at radius 3 is 2.69 bits per heavy atom. The van der Waals surface area contributed by atoms with Gasteiger partial charge in [0.25, 0.3) is 0 Å². The van der Waals surface area contributed by atoms with Crippen LogP contribution in [0.5, 0.6) is 0 Å². The average molecular weight is 428 g/mol. The standard InChI is InChI=1S/C25H29N7/c1-17-12-26-25(29-17)16-32-8-6-19(7-9-32)18(2)30-24-11-22-10-20(4-5-21(22)13-27-24)23-14-28-31(3)15-23/h4-5,10-11,13-15,19H,2,6-9,12,16H2,1,3H3,(H,27,30). The fourth-order valence-corrected chi connectivity index (χ4v) is 4.45. The molecule has 0 bridgehead atoms. The fraction of sp³-hybridized carbons (Fsp3) is 0.360. The van der Waals surface area contributed by atoms with Crippen LogP contribution in [0.15, 0.2) is 65.1 Å². The van der Waals surface area contributed by atoms with Crippen molar-refractivity contribution in [3.8, 4) is 11.1 Å². The van der Waals surface area contributed by atoms with Gasteiger partial charge in [-0.1, -0.05) is 18.7 Å². The molecule has 2 aromatic heterocycles. The molecule has 0 atom stereocenters. The predicted molar refractivity (Wildman–Crippen MR) is 131 cm³/mol. The van der Waals surface area contributed by atoms with E-state index in [4.69, 9.17) is 0 Å². The number of rotatable bonds is 6. The van der Waals surface area contributed by atoms with Crippen molar-refractivity contribution in [2.24, 2.45) is 23.0 Å². The van der Waals surface area contributed by atoms with Crippen molar-refractivity contribution in [3.05, 3.63) is 55.1 Å². The first-order chi connectivity index (χ1) is 15.5. The molecule has 1 aromatic carbocycles. The van der Waals surface area contributed by atoms with E-state index in [9.17, 15) is 0 Å². The SMILES string of the molecule is C=C(Nc1cc2cc(-c3cnn(C)c3)ccc2cn1)C1CCN(CC2=NCC(C)=N2)CC1. The number of hydrogen-bond acceptors (Lipinski definition) is 6. The van der Waals surface area contributed by atoms with Crippen LogP contribution in [0.25, 0.3) is 21.9 Å². The molecular formula is C25H29N7. The zero-order chi connectivity index (χ0) is 22.1. The molecule has 0 radical (unpaired) electrons. The number of allylic oxidation sites excluding steroid dienone is 1. The Bertz CT molecular complexity index is 1210. The van der Waals surface area contributed by atoms with Gasteiger partial charge < -0.3 is 5.32 Å². The highest BCUT2D eigenvalue weighted by molar-refractivity contribution is 6.03. The summed E-state index contributed by atoms with van der Waals surface area (Å²) in [6.45, 7) is 10.1. The summed E-state index contributed by atoms with van der Waals surface area (Å²) in [5.41, 5.74) is 4.43. The highest BCUT2D eigenvalue weighted by Crippen LogP contribution is 2.28. The molecule has 3 aromatic rings. The first-order valence-corrected chi connectivity index (χ1v) is 11.2. The van der Waals surface area contributed by atoms with Crippen LogP contribution < -0.4 is 5.32 Å². The summed E-state index contributed by atoms with van der Waals surface area (Å²) in [5, 5.41) is 10.0. The van der Waals surface area contributed by atoms with Gasteiger partial charge in [-0.05, 0) is 55.9 Å². The van der Waals surface area contributed by atoms with E-state index in [1.807, 2.05) is 37.2 Å². The number of fused-ring (bicyclic) bond motifs is 1. The van der Waals surface area contributed by atoms with Gasteiger partial charge in [0.2, 0.25) is 0 Å². The molecule has 0 saturated carbocycles. The van der Waals surface area contributed by atoms with Crippen LogP contribution in [-0.2, 0) is 7.05 Å². The van der Waals surface area contributed by atoms with E-state index < -0.39 is 0 Å². The zero-order valence-electron chi connectivity index (χ0n) is 18.8. The van der Waals surface area contributed by atoms with Crippen LogP contribution >= 0.6 is 0 Å². The number of likely N-dealkylation sites (tertiary alicyclic amines) is 1. The van der Waals surface area contributed by atoms with Crippen LogP contribution in [0.3, 0.4) is 0 Å². The predicted octanol–water partition coefficient (Wildman–Crippen LogP) is 4.15. The second-order valence-electron chi connectivity index (χ2n) is 8.81. The summed E-state index contributed by atoms with van der Waals surface area (Å²) < 4.78 is 1.82. The van der Waals surface area contributed by atoms with E-state index in [-0.39, 0.29) is 0 Å². The van der Waals surface area contributed by atoms with Gasteiger partial charge in [-0.15, -0.1) is 0 Å². The second kappa shape index (κ2) is 8.67. The molecule has 1 fully saturated rings. The minimum Gasteiger partial charge on any atom is -0.344 e. The number of nitrogens with zero attached hydrogens (tertiary/aromatic N) is 6. The number of nitrogens with one attached hydrogen (secondary N) is 1. The van der Waals surface area contributed by atoms with E-state index in [0.717, 1.165) is 84.0 Å². The molecule has 7 nitrogen and oxygen atoms in total. The van der Waals surface area contributed by atoms with E-state index >= 15 is 0 Å². The topological polar surface area (TPSA) is 70.7 Å². The molecule has 4 heterocycles. The lowest BCUT2D eigenvalue weighted by Gasteiger charge is -2.32. The van der Waals surface area contributed by atoms with E-state index in [0.29, 0.717) is 5.92 Å². The molecule has 1 saturated heterocycles. The molecule has 0 amide bonds. The minimum absolute atomic E-state index is 0.446. The van der Waals surface area contributed by atoms with Gasteiger partial charge >= 0.3 is 0 Å². The molecular weight excluding hydrogens is 398 g/mol. The van der Waals surface area contributed by atoms with Crippen molar-refractivity contribution in [2.75, 3.05) is 31.5 Å². The summed E-state index contributed by atoms with van der Waals surface area (Å²) in [6, 6.07) is 8.52. The number of pyridine rings is 1. The zero-order valence-corrected chi connectivity index (χ0v) is 18.8. The van der Waals surface area contributed by atoms with E-state index in [1.54, 1.807) is 0 Å². The number of amidine groups is 1. The number of hydrogen-bond donors (Lipinski definition) is 1. The lowest BCUT2D eigenvalue weighted by molar-refractivity contribution is 0.223. The summed E-state index contributed by atoms with van der Waals surface area (Å²) in [7, 11) is 1.93. The number of aliphatic imine (C=N–C) groups is 2. The monoisotopic (exact) mass is 427 g/mol. The van der Waals surface area contributed by atoms with Crippen molar-refractivity contribution in [3.63, 3.8) is 0 Å². The fourth-order valence-electron chi connectivity index (χ4n) is 4.45. The Balaban J connectivity index is 1.22. The normalized spacial score (nSPS) is 17.4. The molecule has 2 aliphatic heterocycles. The average Bonchev–Trinajstić information content (AvgIpc) is 3.41. The quantitative estimate of drug-likeness (QED) is 0.642. The molecule has 0 aliphatic carbocycles. The molecule has 164 valence electrons. The molecule has 1 N–H and O–H groups in total. The van der Waals surface area contributed by atoms with Gasteiger partial charge in [0.05, 0.1) is 19.3 Å². The summed E-state index contributed by atoms with van der Waals surface area (Å²) >= 11 is 0. The van der Waals surface area contributed by atoms with Gasteiger partial charge in [0.1, 0.15) is 11.7 Å². The Kier molecular flexibility index (Phi) is 5.57. The van der Waals surface area contributed by atoms with Crippen molar-refractivity contribution < 1.29 is 0 Å². The first kappa shape index (κ1) is 20.6. The van der Waals surface area contributed by atoms with Gasteiger partial charge in [-0.3, -0.25) is 14.6 Å². The van der Waals surface area contributed by atoms with E-state index in [2.05, 4.69) is 61.1 Å². The number of piperidine rings is 1. The van der Waals surface area contributed by atoms with Gasteiger partial charge in [0, 0.05) is 47.7 Å². The highest BCUT2D eigenvalue weighted by Gasteiger charge is 2.23. The van der Waals surface area contributed by atoms with Crippen molar-refractivity contribution in [1.29, 1.82) is 0 Å². The van der Waals surface area contributed by atoms with Gasteiger partial charge in [0.15, 0.2) is 0 Å². The third-order valence-electron chi connectivity index (χ3n) is 6.30. The summed E-state index contributed by atoms with van der Waals surface area (Å²) in [5.74, 6) is 2.27. The Morgan fingerprint density at radius 2 is 1.97 bits per heavy atom. The highest BCUT2D eigenvalue weighted by atomic mass is 15.2. The van der Waals surface area contributed by atoms with Crippen molar-refractivity contribution in [1.82, 2.24) is 19.7 Å². The minimum atomic E-state index is 0.446. The Hall–Kier alpha value is -3.32. The number of aromatic nitrogens is 3. The number of anilines is 1. The number of benzene rings is 1. The third kappa shape index (κ3) is 4.48. The smallest absolute Gasteiger partial charge is 0.137 e. The maximum absolute atomic E-state index is 4.61. The van der Waals surface area contributed by atoms with Crippen LogP contribution in [0, 0.1) is 5.92 Å². The molecule has 2 aliphatic rings. The summed E-state index contributed by atoms with van der Waals surface area (Å²) in [6.07, 6.45) is 8.01. The van der Waals surface area contributed by atoms with Crippen LogP contribution in [0.4, 0.5) is 5.82 Å². The maximum atomic E-state index is 4.61. The first-order valence-electron chi connectivity index (χ1n) is 11.2.